The monoisotopic (exact) mass is 331 g/mol. The summed E-state index contributed by atoms with van der Waals surface area (Å²) in [5, 5.41) is 2.51. The van der Waals surface area contributed by atoms with Crippen LogP contribution < -0.4 is 11.1 Å². The minimum Gasteiger partial charge on any atom is -0.378 e. The number of hydrogen-bond donors (Lipinski definition) is 2. The minimum atomic E-state index is -0.639. The van der Waals surface area contributed by atoms with E-state index in [1.165, 1.54) is 6.42 Å². The summed E-state index contributed by atoms with van der Waals surface area (Å²) in [7, 11) is 1.86. The Labute approximate surface area is 142 Å². The maximum atomic E-state index is 12.9. The van der Waals surface area contributed by atoms with Gasteiger partial charge in [-0.1, -0.05) is 12.5 Å². The lowest BCUT2D eigenvalue weighted by molar-refractivity contribution is -0.192. The highest BCUT2D eigenvalue weighted by atomic mass is 16.5. The number of anilines is 1. The predicted octanol–water partition coefficient (Wildman–Crippen LogP) is 2.60. The van der Waals surface area contributed by atoms with Gasteiger partial charge in [0.2, 0.25) is 0 Å². The normalized spacial score (nSPS) is 23.9. The summed E-state index contributed by atoms with van der Waals surface area (Å²) in [6.07, 6.45) is 4.64. The first-order valence-corrected chi connectivity index (χ1v) is 8.53. The highest BCUT2D eigenvalue weighted by Crippen LogP contribution is 2.59. The molecule has 0 heterocycles. The van der Waals surface area contributed by atoms with Crippen LogP contribution in [0, 0.1) is 5.41 Å². The zero-order valence-corrected chi connectivity index (χ0v) is 14.2. The molecule has 2 aliphatic carbocycles. The van der Waals surface area contributed by atoms with Gasteiger partial charge in [-0.3, -0.25) is 4.79 Å². The van der Waals surface area contributed by atoms with E-state index < -0.39 is 6.03 Å². The smallest absolute Gasteiger partial charge is 0.316 e. The maximum absolute atomic E-state index is 12.9. The molecule has 1 aromatic rings. The van der Waals surface area contributed by atoms with Crippen molar-refractivity contribution in [1.29, 1.82) is 0 Å². The van der Waals surface area contributed by atoms with Crippen molar-refractivity contribution in [3.8, 4) is 0 Å². The molecule has 0 aromatic heterocycles. The van der Waals surface area contributed by atoms with Gasteiger partial charge in [-0.15, -0.1) is 0 Å². The van der Waals surface area contributed by atoms with Crippen molar-refractivity contribution in [1.82, 2.24) is 4.90 Å². The molecular formula is C18H25N3O3. The van der Waals surface area contributed by atoms with Crippen molar-refractivity contribution in [3.05, 3.63) is 29.8 Å². The second kappa shape index (κ2) is 6.43. The zero-order chi connectivity index (χ0) is 17.3. The van der Waals surface area contributed by atoms with Gasteiger partial charge in [0.15, 0.2) is 0 Å². The predicted molar refractivity (Wildman–Crippen MR) is 91.8 cm³/mol. The number of primary amides is 1. The van der Waals surface area contributed by atoms with Crippen molar-refractivity contribution >= 4 is 17.6 Å². The highest BCUT2D eigenvalue weighted by Gasteiger charge is 2.60. The molecule has 0 bridgehead atoms. The maximum Gasteiger partial charge on any atom is 0.316 e. The number of hydrogen-bond acceptors (Lipinski definition) is 3. The van der Waals surface area contributed by atoms with Crippen molar-refractivity contribution < 1.29 is 14.3 Å². The molecule has 2 saturated carbocycles. The lowest BCUT2D eigenvalue weighted by atomic mass is 9.50. The Morgan fingerprint density at radius 1 is 1.42 bits per heavy atom. The number of carbonyl (C=O) groups excluding carboxylic acids is 2. The summed E-state index contributed by atoms with van der Waals surface area (Å²) in [6.45, 7) is 2.74. The van der Waals surface area contributed by atoms with Gasteiger partial charge >= 0.3 is 6.03 Å². The molecule has 6 nitrogen and oxygen atoms in total. The van der Waals surface area contributed by atoms with Crippen LogP contribution >= 0.6 is 0 Å². The number of ether oxygens (including phenoxy) is 1. The number of nitrogens with one attached hydrogen (secondary N) is 1. The first kappa shape index (κ1) is 16.8. The summed E-state index contributed by atoms with van der Waals surface area (Å²) < 4.78 is 5.86. The number of benzene rings is 1. The lowest BCUT2D eigenvalue weighted by Gasteiger charge is -2.63. The second-order valence-electron chi connectivity index (χ2n) is 6.77. The van der Waals surface area contributed by atoms with E-state index in [1.807, 2.05) is 18.9 Å². The van der Waals surface area contributed by atoms with Gasteiger partial charge in [-0.05, 0) is 44.4 Å². The Balaban J connectivity index is 1.72. The van der Waals surface area contributed by atoms with Gasteiger partial charge in [0.1, 0.15) is 0 Å². The SMILES string of the molecule is CCO[C@@H]1C[C@@H](N(C)C(=O)c2cccc(NC(N)=O)c2)C12CCC2. The van der Waals surface area contributed by atoms with Crippen molar-refractivity contribution in [3.63, 3.8) is 0 Å². The molecule has 0 radical (unpaired) electrons. The van der Waals surface area contributed by atoms with Gasteiger partial charge < -0.3 is 20.7 Å². The molecule has 3 N–H and O–H groups in total. The highest BCUT2D eigenvalue weighted by molar-refractivity contribution is 5.96. The molecule has 2 aliphatic rings. The molecule has 24 heavy (non-hydrogen) atoms. The van der Waals surface area contributed by atoms with E-state index in [-0.39, 0.29) is 23.5 Å². The average molecular weight is 331 g/mol. The minimum absolute atomic E-state index is 0.0330. The van der Waals surface area contributed by atoms with Crippen LogP contribution in [0.25, 0.3) is 0 Å². The number of urea groups is 1. The standard InChI is InChI=1S/C18H25N3O3/c1-3-24-15-11-14(18(15)8-5-9-18)21(2)16(22)12-6-4-7-13(10-12)20-17(19)23/h4,6-7,10,14-15H,3,5,8-9,11H2,1-2H3,(H3,19,20,23)/t14-,15-/m1/s1. The van der Waals surface area contributed by atoms with E-state index in [1.54, 1.807) is 24.3 Å². The Hall–Kier alpha value is -2.08. The fraction of sp³-hybridized carbons (Fsp3) is 0.556. The average Bonchev–Trinajstić information content (AvgIpc) is 2.47. The van der Waals surface area contributed by atoms with Crippen LogP contribution in [-0.4, -0.2) is 42.6 Å². The number of nitrogens with zero attached hydrogens (tertiary/aromatic N) is 1. The summed E-state index contributed by atoms with van der Waals surface area (Å²) in [6, 6.07) is 6.47. The first-order chi connectivity index (χ1) is 11.5. The van der Waals surface area contributed by atoms with Crippen LogP contribution in [0.2, 0.25) is 0 Å². The fourth-order valence-corrected chi connectivity index (χ4v) is 4.16. The van der Waals surface area contributed by atoms with Gasteiger partial charge in [0.25, 0.3) is 5.91 Å². The van der Waals surface area contributed by atoms with Crippen LogP contribution in [0.4, 0.5) is 10.5 Å². The second-order valence-corrected chi connectivity index (χ2v) is 6.77. The molecule has 0 saturated heterocycles. The van der Waals surface area contributed by atoms with Crippen LogP contribution in [0.1, 0.15) is 43.0 Å². The van der Waals surface area contributed by atoms with Crippen LogP contribution in [0.15, 0.2) is 24.3 Å². The third-order valence-electron chi connectivity index (χ3n) is 5.56. The Morgan fingerprint density at radius 2 is 2.17 bits per heavy atom. The molecule has 1 spiro atoms. The fourth-order valence-electron chi connectivity index (χ4n) is 4.16. The Kier molecular flexibility index (Phi) is 4.49. The molecule has 6 heteroatoms. The zero-order valence-electron chi connectivity index (χ0n) is 14.2. The third-order valence-corrected chi connectivity index (χ3v) is 5.56. The number of amides is 3. The largest absolute Gasteiger partial charge is 0.378 e. The van der Waals surface area contributed by atoms with E-state index in [4.69, 9.17) is 10.5 Å². The van der Waals surface area contributed by atoms with E-state index in [0.29, 0.717) is 11.3 Å². The molecule has 3 rings (SSSR count). The van der Waals surface area contributed by atoms with Gasteiger partial charge in [0.05, 0.1) is 6.10 Å². The molecule has 130 valence electrons. The number of rotatable bonds is 5. The summed E-state index contributed by atoms with van der Waals surface area (Å²) in [5.74, 6) is -0.0330. The van der Waals surface area contributed by atoms with Crippen molar-refractivity contribution in [2.24, 2.45) is 11.1 Å². The molecule has 1 aromatic carbocycles. The van der Waals surface area contributed by atoms with Crippen molar-refractivity contribution in [2.45, 2.75) is 44.8 Å². The van der Waals surface area contributed by atoms with E-state index >= 15 is 0 Å². The van der Waals surface area contributed by atoms with Crippen LogP contribution in [-0.2, 0) is 4.74 Å². The molecule has 0 unspecified atom stereocenters. The van der Waals surface area contributed by atoms with Gasteiger partial charge in [-0.25, -0.2) is 4.79 Å². The molecule has 3 amide bonds. The van der Waals surface area contributed by atoms with Gasteiger partial charge in [-0.2, -0.15) is 0 Å². The summed E-state index contributed by atoms with van der Waals surface area (Å²) in [5.41, 5.74) is 6.36. The summed E-state index contributed by atoms with van der Waals surface area (Å²) >= 11 is 0. The van der Waals surface area contributed by atoms with E-state index in [9.17, 15) is 9.59 Å². The molecular weight excluding hydrogens is 306 g/mol. The first-order valence-electron chi connectivity index (χ1n) is 8.53. The Bertz CT molecular complexity index is 642. The molecule has 2 fully saturated rings. The summed E-state index contributed by atoms with van der Waals surface area (Å²) in [4.78, 5) is 25.7. The van der Waals surface area contributed by atoms with E-state index in [0.717, 1.165) is 25.9 Å². The number of carbonyl (C=O) groups is 2. The Morgan fingerprint density at radius 3 is 2.75 bits per heavy atom. The number of nitrogens with two attached hydrogens (primary N) is 1. The van der Waals surface area contributed by atoms with Crippen LogP contribution in [0.3, 0.4) is 0 Å². The third kappa shape index (κ3) is 2.75. The molecule has 2 atom stereocenters. The van der Waals surface area contributed by atoms with E-state index in [2.05, 4.69) is 5.32 Å². The quantitative estimate of drug-likeness (QED) is 0.870. The topological polar surface area (TPSA) is 84.7 Å². The lowest BCUT2D eigenvalue weighted by Crippen LogP contribution is -2.67. The van der Waals surface area contributed by atoms with Crippen molar-refractivity contribution in [2.75, 3.05) is 19.0 Å². The molecule has 0 aliphatic heterocycles. The van der Waals surface area contributed by atoms with Crippen LogP contribution in [0.5, 0.6) is 0 Å². The van der Waals surface area contributed by atoms with Gasteiger partial charge in [0, 0.05) is 36.4 Å².